The van der Waals surface area contributed by atoms with Gasteiger partial charge < -0.3 is 5.73 Å². The van der Waals surface area contributed by atoms with Crippen molar-refractivity contribution in [3.05, 3.63) is 17.5 Å². The zero-order valence-electron chi connectivity index (χ0n) is 8.85. The van der Waals surface area contributed by atoms with E-state index in [1.54, 1.807) is 0 Å². The number of halogens is 5. The van der Waals surface area contributed by atoms with Gasteiger partial charge in [-0.2, -0.15) is 18.3 Å². The average molecular weight is 255 g/mol. The molecule has 3 nitrogen and oxygen atoms in total. The van der Waals surface area contributed by atoms with Crippen LogP contribution >= 0.6 is 0 Å². The molecule has 0 aromatic carbocycles. The third kappa shape index (κ3) is 2.01. The van der Waals surface area contributed by atoms with E-state index in [-0.39, 0.29) is 5.69 Å². The first-order valence-corrected chi connectivity index (χ1v) is 4.82. The fourth-order valence-corrected chi connectivity index (χ4v) is 2.12. The Labute approximate surface area is 93.4 Å². The fourth-order valence-electron chi connectivity index (χ4n) is 2.12. The van der Waals surface area contributed by atoms with Crippen LogP contribution in [0.5, 0.6) is 0 Å². The van der Waals surface area contributed by atoms with Crippen molar-refractivity contribution in [3.63, 3.8) is 0 Å². The standard InChI is InChI=1S/C9H10F5N3/c1-17-6(2-5(16-17)9(12,13)14)7(15)3-8(10,11)4-7/h2H,3-4,15H2,1H3. The summed E-state index contributed by atoms with van der Waals surface area (Å²) in [4.78, 5) is 0. The summed E-state index contributed by atoms with van der Waals surface area (Å²) >= 11 is 0. The highest BCUT2D eigenvalue weighted by Crippen LogP contribution is 2.50. The van der Waals surface area contributed by atoms with Crippen molar-refractivity contribution < 1.29 is 22.0 Å². The van der Waals surface area contributed by atoms with E-state index in [1.807, 2.05) is 0 Å². The molecular weight excluding hydrogens is 245 g/mol. The van der Waals surface area contributed by atoms with Crippen LogP contribution in [0.15, 0.2) is 6.07 Å². The number of nitrogens with zero attached hydrogens (tertiary/aromatic N) is 2. The maximum absolute atomic E-state index is 12.8. The van der Waals surface area contributed by atoms with Gasteiger partial charge in [-0.1, -0.05) is 0 Å². The molecule has 0 spiro atoms. The molecule has 2 rings (SSSR count). The molecule has 17 heavy (non-hydrogen) atoms. The summed E-state index contributed by atoms with van der Waals surface area (Å²) in [5, 5.41) is 3.24. The lowest BCUT2D eigenvalue weighted by Gasteiger charge is -2.44. The maximum atomic E-state index is 12.8. The van der Waals surface area contributed by atoms with Crippen LogP contribution in [0.1, 0.15) is 24.2 Å². The summed E-state index contributed by atoms with van der Waals surface area (Å²) in [6.07, 6.45) is -5.91. The van der Waals surface area contributed by atoms with Crippen molar-refractivity contribution in [2.45, 2.75) is 30.5 Å². The Bertz CT molecular complexity index is 440. The lowest BCUT2D eigenvalue weighted by Crippen LogP contribution is -2.56. The molecule has 1 saturated carbocycles. The number of aryl methyl sites for hydroxylation is 1. The van der Waals surface area contributed by atoms with Gasteiger partial charge in [0.05, 0.1) is 11.2 Å². The van der Waals surface area contributed by atoms with Crippen LogP contribution in [0.4, 0.5) is 22.0 Å². The molecule has 1 aliphatic carbocycles. The molecule has 0 bridgehead atoms. The number of nitrogens with two attached hydrogens (primary N) is 1. The highest BCUT2D eigenvalue weighted by atomic mass is 19.4. The van der Waals surface area contributed by atoms with Crippen molar-refractivity contribution in [2.75, 3.05) is 0 Å². The third-order valence-electron chi connectivity index (χ3n) is 2.83. The second-order valence-corrected chi connectivity index (χ2v) is 4.40. The summed E-state index contributed by atoms with van der Waals surface area (Å²) in [5.74, 6) is -2.91. The molecule has 96 valence electrons. The van der Waals surface area contributed by atoms with Gasteiger partial charge in [0.2, 0.25) is 0 Å². The van der Waals surface area contributed by atoms with Crippen LogP contribution in [0.3, 0.4) is 0 Å². The molecule has 1 aromatic rings. The minimum atomic E-state index is -4.60. The topological polar surface area (TPSA) is 43.8 Å². The van der Waals surface area contributed by atoms with Gasteiger partial charge in [-0.05, 0) is 6.07 Å². The molecule has 0 unspecified atom stereocenters. The van der Waals surface area contributed by atoms with Crippen molar-refractivity contribution in [1.82, 2.24) is 9.78 Å². The normalized spacial score (nSPS) is 22.3. The molecule has 0 radical (unpaired) electrons. The van der Waals surface area contributed by atoms with Gasteiger partial charge in [-0.25, -0.2) is 8.78 Å². The van der Waals surface area contributed by atoms with Crippen LogP contribution in [0.25, 0.3) is 0 Å². The fraction of sp³-hybridized carbons (Fsp3) is 0.667. The second-order valence-electron chi connectivity index (χ2n) is 4.40. The van der Waals surface area contributed by atoms with E-state index < -0.39 is 36.2 Å². The van der Waals surface area contributed by atoms with Gasteiger partial charge in [0, 0.05) is 19.9 Å². The quantitative estimate of drug-likeness (QED) is 0.780. The Morgan fingerprint density at radius 1 is 1.35 bits per heavy atom. The highest BCUT2D eigenvalue weighted by Gasteiger charge is 2.57. The molecule has 1 fully saturated rings. The van der Waals surface area contributed by atoms with Crippen molar-refractivity contribution in [2.24, 2.45) is 12.8 Å². The van der Waals surface area contributed by atoms with E-state index in [4.69, 9.17) is 5.73 Å². The van der Waals surface area contributed by atoms with Gasteiger partial charge >= 0.3 is 6.18 Å². The predicted octanol–water partition coefficient (Wildman–Crippen LogP) is 2.02. The first kappa shape index (κ1) is 12.3. The van der Waals surface area contributed by atoms with E-state index in [2.05, 4.69) is 5.10 Å². The Morgan fingerprint density at radius 2 is 1.88 bits per heavy atom. The molecule has 8 heteroatoms. The molecule has 2 N–H and O–H groups in total. The summed E-state index contributed by atoms with van der Waals surface area (Å²) in [5.41, 5.74) is 3.09. The van der Waals surface area contributed by atoms with Gasteiger partial charge in [-0.3, -0.25) is 4.68 Å². The minimum absolute atomic E-state index is 0.0178. The lowest BCUT2D eigenvalue weighted by atomic mass is 9.72. The van der Waals surface area contributed by atoms with Crippen molar-refractivity contribution >= 4 is 0 Å². The zero-order valence-corrected chi connectivity index (χ0v) is 8.85. The minimum Gasteiger partial charge on any atom is -0.320 e. The number of alkyl halides is 5. The second kappa shape index (κ2) is 3.18. The summed E-state index contributed by atoms with van der Waals surface area (Å²) in [6, 6.07) is 0.731. The smallest absolute Gasteiger partial charge is 0.320 e. The summed E-state index contributed by atoms with van der Waals surface area (Å²) < 4.78 is 63.6. The van der Waals surface area contributed by atoms with E-state index in [0.29, 0.717) is 0 Å². The molecule has 1 heterocycles. The van der Waals surface area contributed by atoms with E-state index in [0.717, 1.165) is 10.7 Å². The Balaban J connectivity index is 2.32. The average Bonchev–Trinajstić information content (AvgIpc) is 2.42. The molecule has 0 saturated heterocycles. The lowest BCUT2D eigenvalue weighted by molar-refractivity contribution is -0.141. The molecule has 0 atom stereocenters. The summed E-state index contributed by atoms with van der Waals surface area (Å²) in [7, 11) is 1.26. The van der Waals surface area contributed by atoms with E-state index >= 15 is 0 Å². The molecule has 0 aliphatic heterocycles. The van der Waals surface area contributed by atoms with Crippen molar-refractivity contribution in [1.29, 1.82) is 0 Å². The highest BCUT2D eigenvalue weighted by molar-refractivity contribution is 5.25. The largest absolute Gasteiger partial charge is 0.435 e. The van der Waals surface area contributed by atoms with Crippen LogP contribution in [0, 0.1) is 0 Å². The van der Waals surface area contributed by atoms with E-state index in [1.165, 1.54) is 7.05 Å². The van der Waals surface area contributed by atoms with Crippen LogP contribution in [-0.2, 0) is 18.8 Å². The first-order valence-electron chi connectivity index (χ1n) is 4.82. The Kier molecular flexibility index (Phi) is 2.30. The Hall–Kier alpha value is -1.18. The molecule has 1 aliphatic rings. The Morgan fingerprint density at radius 3 is 2.24 bits per heavy atom. The maximum Gasteiger partial charge on any atom is 0.435 e. The monoisotopic (exact) mass is 255 g/mol. The van der Waals surface area contributed by atoms with E-state index in [9.17, 15) is 22.0 Å². The van der Waals surface area contributed by atoms with Gasteiger partial charge in [0.1, 0.15) is 0 Å². The van der Waals surface area contributed by atoms with Gasteiger partial charge in [-0.15, -0.1) is 0 Å². The summed E-state index contributed by atoms with van der Waals surface area (Å²) in [6.45, 7) is 0. The van der Waals surface area contributed by atoms with Crippen molar-refractivity contribution in [3.8, 4) is 0 Å². The molecule has 1 aromatic heterocycles. The third-order valence-corrected chi connectivity index (χ3v) is 2.83. The van der Waals surface area contributed by atoms with Crippen LogP contribution < -0.4 is 5.73 Å². The number of hydrogen-bond donors (Lipinski definition) is 1. The van der Waals surface area contributed by atoms with Crippen LogP contribution in [0.2, 0.25) is 0 Å². The zero-order chi connectivity index (χ0) is 13.1. The molecular formula is C9H10F5N3. The SMILES string of the molecule is Cn1nc(C(F)(F)F)cc1C1(N)CC(F)(F)C1. The number of rotatable bonds is 1. The first-order chi connectivity index (χ1) is 7.54. The number of aromatic nitrogens is 2. The predicted molar refractivity (Wildman–Crippen MR) is 48.3 cm³/mol. The number of hydrogen-bond acceptors (Lipinski definition) is 2. The van der Waals surface area contributed by atoms with Crippen LogP contribution in [-0.4, -0.2) is 15.7 Å². The van der Waals surface area contributed by atoms with Gasteiger partial charge in [0.15, 0.2) is 5.69 Å². The van der Waals surface area contributed by atoms with Gasteiger partial charge in [0.25, 0.3) is 5.92 Å². The molecule has 0 amide bonds.